The molecule has 1 saturated heterocycles. The third-order valence-corrected chi connectivity index (χ3v) is 2.30. The van der Waals surface area contributed by atoms with E-state index in [1.165, 1.54) is 6.34 Å². The van der Waals surface area contributed by atoms with E-state index in [-0.39, 0.29) is 0 Å². The zero-order chi connectivity index (χ0) is 10.4. The van der Waals surface area contributed by atoms with E-state index in [0.29, 0.717) is 6.04 Å². The molecule has 3 N–H and O–H groups in total. The minimum absolute atomic E-state index is 0.302. The van der Waals surface area contributed by atoms with Crippen molar-refractivity contribution in [2.24, 2.45) is 15.9 Å². The van der Waals surface area contributed by atoms with Crippen molar-refractivity contribution in [1.29, 1.82) is 5.41 Å². The fraction of sp³-hybridized carbons (Fsp3) is 0.625. The quantitative estimate of drug-likeness (QED) is 0.284. The van der Waals surface area contributed by atoms with Gasteiger partial charge in [0.1, 0.15) is 12.7 Å². The summed E-state index contributed by atoms with van der Waals surface area (Å²) in [6.07, 6.45) is 4.40. The molecule has 78 valence electrons. The third-order valence-electron chi connectivity index (χ3n) is 2.30. The summed E-state index contributed by atoms with van der Waals surface area (Å²) < 4.78 is 0. The van der Waals surface area contributed by atoms with Gasteiger partial charge in [0.05, 0.1) is 6.04 Å². The SMILES string of the molecule is C=NN(/C=N/C=N)C1CCN(N)CC1. The average Bonchev–Trinajstić information content (AvgIpc) is 2.21. The van der Waals surface area contributed by atoms with Crippen LogP contribution >= 0.6 is 0 Å². The maximum atomic E-state index is 6.78. The maximum absolute atomic E-state index is 6.78. The van der Waals surface area contributed by atoms with E-state index >= 15 is 0 Å². The Balaban J connectivity index is 2.48. The molecule has 1 heterocycles. The molecule has 0 saturated carbocycles. The monoisotopic (exact) mass is 196 g/mol. The van der Waals surface area contributed by atoms with Crippen LogP contribution in [0.4, 0.5) is 0 Å². The first-order valence-corrected chi connectivity index (χ1v) is 4.54. The highest BCUT2D eigenvalue weighted by Gasteiger charge is 2.20. The van der Waals surface area contributed by atoms with Crippen molar-refractivity contribution in [1.82, 2.24) is 10.0 Å². The van der Waals surface area contributed by atoms with Gasteiger partial charge in [-0.05, 0) is 12.8 Å². The van der Waals surface area contributed by atoms with Crippen LogP contribution in [0, 0.1) is 5.41 Å². The first-order valence-electron chi connectivity index (χ1n) is 4.54. The predicted octanol–water partition coefficient (Wildman–Crippen LogP) is -0.123. The summed E-state index contributed by atoms with van der Waals surface area (Å²) in [7, 11) is 0. The largest absolute Gasteiger partial charge is 0.289 e. The lowest BCUT2D eigenvalue weighted by molar-refractivity contribution is 0.160. The van der Waals surface area contributed by atoms with Crippen LogP contribution in [-0.4, -0.2) is 48.5 Å². The fourth-order valence-corrected chi connectivity index (χ4v) is 1.50. The summed E-state index contributed by atoms with van der Waals surface area (Å²) in [4.78, 5) is 3.70. The standard InChI is InChI=1S/C8H16N6/c1-11-14(7-12-6-9)8-2-4-13(10)5-3-8/h6-9H,1-5,10H2/b9-6?,12-7+. The topological polar surface area (TPSA) is 81.1 Å². The van der Waals surface area contributed by atoms with E-state index in [1.807, 2.05) is 0 Å². The number of hydrazone groups is 1. The number of hydrogen-bond acceptors (Lipinski definition) is 4. The maximum Gasteiger partial charge on any atom is 0.113 e. The number of hydrogen-bond donors (Lipinski definition) is 2. The second-order valence-electron chi connectivity index (χ2n) is 3.18. The van der Waals surface area contributed by atoms with Crippen molar-refractivity contribution in [3.8, 4) is 0 Å². The summed E-state index contributed by atoms with van der Waals surface area (Å²) >= 11 is 0. The highest BCUT2D eigenvalue weighted by atomic mass is 15.5. The van der Waals surface area contributed by atoms with E-state index in [2.05, 4.69) is 16.8 Å². The Morgan fingerprint density at radius 3 is 2.64 bits per heavy atom. The second-order valence-corrected chi connectivity index (χ2v) is 3.18. The summed E-state index contributed by atoms with van der Waals surface area (Å²) in [6, 6.07) is 0.302. The molecule has 0 spiro atoms. The Labute approximate surface area is 83.6 Å². The van der Waals surface area contributed by atoms with Gasteiger partial charge in [-0.3, -0.25) is 16.3 Å². The van der Waals surface area contributed by atoms with Crippen LogP contribution in [0.5, 0.6) is 0 Å². The van der Waals surface area contributed by atoms with E-state index < -0.39 is 0 Å². The molecule has 6 heteroatoms. The van der Waals surface area contributed by atoms with Crippen LogP contribution in [-0.2, 0) is 0 Å². The van der Waals surface area contributed by atoms with E-state index in [9.17, 15) is 0 Å². The molecule has 0 radical (unpaired) electrons. The van der Waals surface area contributed by atoms with Crippen molar-refractivity contribution >= 4 is 19.4 Å². The molecule has 0 aromatic rings. The normalized spacial score (nSPS) is 19.8. The first-order chi connectivity index (χ1) is 6.77. The van der Waals surface area contributed by atoms with Gasteiger partial charge in [0.2, 0.25) is 0 Å². The zero-order valence-electron chi connectivity index (χ0n) is 8.13. The molecule has 0 aromatic carbocycles. The molecule has 1 fully saturated rings. The molecule has 0 bridgehead atoms. The van der Waals surface area contributed by atoms with Crippen molar-refractivity contribution in [2.45, 2.75) is 18.9 Å². The van der Waals surface area contributed by atoms with Crippen LogP contribution in [0.2, 0.25) is 0 Å². The Morgan fingerprint density at radius 1 is 1.50 bits per heavy atom. The van der Waals surface area contributed by atoms with E-state index in [0.717, 1.165) is 32.3 Å². The average molecular weight is 196 g/mol. The van der Waals surface area contributed by atoms with Gasteiger partial charge in [0.25, 0.3) is 0 Å². The van der Waals surface area contributed by atoms with Gasteiger partial charge in [-0.2, -0.15) is 5.10 Å². The molecule has 1 aliphatic rings. The van der Waals surface area contributed by atoms with Crippen molar-refractivity contribution in [2.75, 3.05) is 13.1 Å². The molecule has 1 rings (SSSR count). The molecule has 0 unspecified atom stereocenters. The van der Waals surface area contributed by atoms with Crippen molar-refractivity contribution in [3.05, 3.63) is 0 Å². The number of hydrazine groups is 1. The van der Waals surface area contributed by atoms with Gasteiger partial charge in [-0.15, -0.1) is 0 Å². The number of nitrogens with zero attached hydrogens (tertiary/aromatic N) is 4. The minimum atomic E-state index is 0.302. The molecule has 0 aromatic heterocycles. The molecular weight excluding hydrogens is 180 g/mol. The lowest BCUT2D eigenvalue weighted by Crippen LogP contribution is -2.45. The number of aliphatic imine (C=N–C) groups is 1. The van der Waals surface area contributed by atoms with Crippen LogP contribution in [0.15, 0.2) is 10.1 Å². The Kier molecular flexibility index (Phi) is 4.21. The van der Waals surface area contributed by atoms with Gasteiger partial charge in [0, 0.05) is 19.8 Å². The van der Waals surface area contributed by atoms with Gasteiger partial charge in [-0.25, -0.2) is 10.0 Å². The van der Waals surface area contributed by atoms with Crippen LogP contribution < -0.4 is 5.84 Å². The lowest BCUT2D eigenvalue weighted by Gasteiger charge is -2.32. The van der Waals surface area contributed by atoms with Crippen molar-refractivity contribution < 1.29 is 0 Å². The number of nitrogens with one attached hydrogen (secondary N) is 1. The summed E-state index contributed by atoms with van der Waals surface area (Å²) in [6.45, 7) is 5.19. The van der Waals surface area contributed by atoms with Crippen LogP contribution in [0.1, 0.15) is 12.8 Å². The van der Waals surface area contributed by atoms with Crippen LogP contribution in [0.25, 0.3) is 0 Å². The Bertz CT molecular complexity index is 218. The first kappa shape index (κ1) is 10.8. The lowest BCUT2D eigenvalue weighted by atomic mass is 10.1. The molecule has 6 nitrogen and oxygen atoms in total. The van der Waals surface area contributed by atoms with Crippen LogP contribution in [0.3, 0.4) is 0 Å². The zero-order valence-corrected chi connectivity index (χ0v) is 8.13. The number of piperidine rings is 1. The smallest absolute Gasteiger partial charge is 0.113 e. The molecule has 0 atom stereocenters. The van der Waals surface area contributed by atoms with Gasteiger partial charge in [-0.1, -0.05) is 0 Å². The molecule has 0 aliphatic carbocycles. The van der Waals surface area contributed by atoms with Gasteiger partial charge in [0.15, 0.2) is 0 Å². The second kappa shape index (κ2) is 5.46. The van der Waals surface area contributed by atoms with Crippen molar-refractivity contribution in [3.63, 3.8) is 0 Å². The highest BCUT2D eigenvalue weighted by Crippen LogP contribution is 2.13. The minimum Gasteiger partial charge on any atom is -0.289 e. The molecule has 1 aliphatic heterocycles. The van der Waals surface area contributed by atoms with Gasteiger partial charge < -0.3 is 0 Å². The fourth-order valence-electron chi connectivity index (χ4n) is 1.50. The molecule has 0 amide bonds. The molecular formula is C8H16N6. The van der Waals surface area contributed by atoms with Gasteiger partial charge >= 0.3 is 0 Å². The summed E-state index contributed by atoms with van der Waals surface area (Å²) in [5.74, 6) is 5.64. The Hall–Kier alpha value is -1.27. The number of nitrogens with two attached hydrogens (primary N) is 1. The summed E-state index contributed by atoms with van der Waals surface area (Å²) in [5, 5.41) is 14.1. The predicted molar refractivity (Wildman–Crippen MR) is 57.4 cm³/mol. The van der Waals surface area contributed by atoms with E-state index in [1.54, 1.807) is 10.0 Å². The number of rotatable bonds is 4. The Morgan fingerprint density at radius 2 is 2.14 bits per heavy atom. The highest BCUT2D eigenvalue weighted by molar-refractivity contribution is 5.69. The molecule has 14 heavy (non-hydrogen) atoms. The third kappa shape index (κ3) is 2.90. The summed E-state index contributed by atoms with van der Waals surface area (Å²) in [5.41, 5.74) is 0. The van der Waals surface area contributed by atoms with E-state index in [4.69, 9.17) is 11.3 Å².